The minimum atomic E-state index is -1.17. The predicted molar refractivity (Wildman–Crippen MR) is 237 cm³/mol. The first-order valence-corrected chi connectivity index (χ1v) is 16.3. The lowest BCUT2D eigenvalue weighted by Crippen LogP contribution is -1.94. The Balaban J connectivity index is 1.25. The van der Waals surface area contributed by atoms with Gasteiger partial charge in [0.15, 0.2) is 0 Å². The summed E-state index contributed by atoms with van der Waals surface area (Å²) >= 11 is 0. The second kappa shape index (κ2) is 13.2. The van der Waals surface area contributed by atoms with Gasteiger partial charge in [0.1, 0.15) is 0 Å². The van der Waals surface area contributed by atoms with Crippen molar-refractivity contribution in [3.63, 3.8) is 0 Å². The van der Waals surface area contributed by atoms with E-state index < -0.39 is 317 Å². The van der Waals surface area contributed by atoms with Crippen LogP contribution in [0.25, 0.3) is 99.5 Å². The first kappa shape index (κ1) is 12.3. The Morgan fingerprint density at radius 3 is 1.04 bits per heavy atom. The van der Waals surface area contributed by atoms with Crippen LogP contribution in [-0.2, 0) is 0 Å². The van der Waals surface area contributed by atoms with Crippen molar-refractivity contribution in [1.82, 2.24) is 9.13 Å². The fourth-order valence-electron chi connectivity index (χ4n) is 6.16. The third-order valence-corrected chi connectivity index (χ3v) is 8.61. The zero-order valence-corrected chi connectivity index (χ0v) is 27.9. The van der Waals surface area contributed by atoms with Crippen LogP contribution in [0.1, 0.15) is 49.3 Å². The highest BCUT2D eigenvalue weighted by Crippen LogP contribution is 2.39. The summed E-state index contributed by atoms with van der Waals surface area (Å²) in [6, 6.07) is -36.6. The Bertz CT molecular complexity index is 5230. The van der Waals surface area contributed by atoms with Crippen LogP contribution in [0.15, 0.2) is 218 Å². The summed E-state index contributed by atoms with van der Waals surface area (Å²) in [4.78, 5) is 0. The van der Waals surface area contributed by atoms with Crippen LogP contribution in [0.3, 0.4) is 0 Å². The minimum Gasteiger partial charge on any atom is -0.309 e. The number of para-hydroxylation sites is 2. The van der Waals surface area contributed by atoms with Gasteiger partial charge in [0, 0.05) is 32.9 Å². The molecule has 11 aromatic rings. The van der Waals surface area contributed by atoms with Crippen molar-refractivity contribution < 1.29 is 49.3 Å². The molecule has 2 aromatic heterocycles. The highest BCUT2D eigenvalue weighted by molar-refractivity contribution is 6.12. The van der Waals surface area contributed by atoms with E-state index in [2.05, 4.69) is 0 Å². The van der Waals surface area contributed by atoms with Gasteiger partial charge in [0.05, 0.1) is 71.4 Å². The monoisotopic (exact) mass is 749 g/mol. The van der Waals surface area contributed by atoms with Crippen molar-refractivity contribution in [2.75, 3.05) is 0 Å². The molecule has 0 unspecified atom stereocenters. The number of benzene rings is 9. The van der Waals surface area contributed by atoms with Crippen LogP contribution in [0.5, 0.6) is 0 Å². The zero-order chi connectivity index (χ0) is 68.3. The molecule has 0 amide bonds. The Hall–Kier alpha value is -7.42. The second-order valence-corrected chi connectivity index (χ2v) is 11.8. The summed E-state index contributed by atoms with van der Waals surface area (Å²) in [6.07, 6.45) is 0. The van der Waals surface area contributed by atoms with E-state index in [1.807, 2.05) is 0 Å². The van der Waals surface area contributed by atoms with Gasteiger partial charge in [-0.05, 0) is 111 Å². The highest BCUT2D eigenvalue weighted by atomic mass is 15.0. The van der Waals surface area contributed by atoms with Gasteiger partial charge >= 0.3 is 0 Å². The number of hydrogen-bond acceptors (Lipinski definition) is 0. The second-order valence-electron chi connectivity index (χ2n) is 11.8. The average Bonchev–Trinajstić information content (AvgIpc) is 1.51. The minimum absolute atomic E-state index is 0.618. The van der Waals surface area contributed by atoms with Crippen molar-refractivity contribution in [2.24, 2.45) is 0 Å². The van der Waals surface area contributed by atoms with Crippen LogP contribution in [0, 0.1) is 0 Å². The molecule has 9 aromatic carbocycles. The summed E-state index contributed by atoms with van der Waals surface area (Å²) in [7, 11) is 0. The third-order valence-electron chi connectivity index (χ3n) is 8.61. The van der Waals surface area contributed by atoms with Crippen LogP contribution < -0.4 is 0 Å². The summed E-state index contributed by atoms with van der Waals surface area (Å²) in [5, 5.41) is -2.82. The topological polar surface area (TPSA) is 9.86 Å². The van der Waals surface area contributed by atoms with E-state index in [1.165, 1.54) is 0 Å². The first-order chi connectivity index (χ1) is 42.8. The van der Waals surface area contributed by atoms with Crippen molar-refractivity contribution in [1.29, 1.82) is 0 Å². The first-order valence-electron chi connectivity index (χ1n) is 34.3. The van der Waals surface area contributed by atoms with E-state index in [4.69, 9.17) is 26.0 Å². The lowest BCUT2D eigenvalue weighted by atomic mass is 9.99. The fraction of sp³-hybridized carbons (Fsp3) is 0. The fourth-order valence-corrected chi connectivity index (χ4v) is 6.16. The number of rotatable bonds is 6. The Morgan fingerprint density at radius 1 is 0.232 bits per heavy atom. The lowest BCUT2D eigenvalue weighted by molar-refractivity contribution is 1.18. The molecule has 0 radical (unpaired) electrons. The van der Waals surface area contributed by atoms with Gasteiger partial charge in [-0.2, -0.15) is 0 Å². The molecule has 0 N–H and O–H groups in total. The molecular weight excluding hydrogens is 677 g/mol. The van der Waals surface area contributed by atoms with Crippen LogP contribution in [0.4, 0.5) is 0 Å². The molecule has 11 rings (SSSR count). The van der Waals surface area contributed by atoms with Gasteiger partial charge in [-0.1, -0.05) is 151 Å². The third kappa shape index (κ3) is 5.34. The maximum Gasteiger partial charge on any atom is 0.0645 e. The van der Waals surface area contributed by atoms with Gasteiger partial charge < -0.3 is 9.13 Å². The molecule has 2 nitrogen and oxygen atoms in total. The number of aromatic nitrogens is 2. The smallest absolute Gasteiger partial charge is 0.0645 e. The van der Waals surface area contributed by atoms with E-state index in [9.17, 15) is 23.3 Å². The zero-order valence-electron chi connectivity index (χ0n) is 63.9. The summed E-state index contributed by atoms with van der Waals surface area (Å²) in [6.45, 7) is 0. The van der Waals surface area contributed by atoms with Crippen LogP contribution in [-0.4, -0.2) is 9.13 Å². The number of fused-ring (bicyclic) bond motifs is 6. The van der Waals surface area contributed by atoms with Crippen LogP contribution in [0.2, 0.25) is 0 Å². The largest absolute Gasteiger partial charge is 0.309 e. The van der Waals surface area contributed by atoms with Gasteiger partial charge in [-0.25, -0.2) is 0 Å². The molecule has 0 aliphatic heterocycles. The van der Waals surface area contributed by atoms with Gasteiger partial charge in [-0.15, -0.1) is 0 Å². The molecule has 262 valence electrons. The van der Waals surface area contributed by atoms with E-state index in [-0.39, 0.29) is 0 Å². The van der Waals surface area contributed by atoms with Gasteiger partial charge in [0.25, 0.3) is 0 Å². The highest BCUT2D eigenvalue weighted by Gasteiger charge is 2.16. The van der Waals surface area contributed by atoms with Crippen molar-refractivity contribution in [3.8, 4) is 55.9 Å². The Kier molecular flexibility index (Phi) is 2.89. The summed E-state index contributed by atoms with van der Waals surface area (Å²) < 4.78 is 325. The van der Waals surface area contributed by atoms with E-state index in [0.717, 1.165) is 0 Å². The van der Waals surface area contributed by atoms with Gasteiger partial charge in [0.2, 0.25) is 0 Å². The lowest BCUT2D eigenvalue weighted by Gasteiger charge is -2.11. The predicted octanol–water partition coefficient (Wildman–Crippen LogP) is 14.5. The Labute approximate surface area is 376 Å². The maximum absolute atomic E-state index is 9.94. The van der Waals surface area contributed by atoms with E-state index in [0.29, 0.717) is 9.13 Å². The van der Waals surface area contributed by atoms with Gasteiger partial charge in [-0.3, -0.25) is 0 Å². The average molecular weight is 749 g/mol. The Morgan fingerprint density at radius 2 is 0.554 bits per heavy atom. The molecule has 2 heterocycles. The normalized spacial score (nSPS) is 20.6. The molecule has 0 fully saturated rings. The van der Waals surface area contributed by atoms with Crippen molar-refractivity contribution in [3.05, 3.63) is 218 Å². The molecule has 0 aliphatic rings. The molecule has 0 aliphatic carbocycles. The van der Waals surface area contributed by atoms with E-state index >= 15 is 0 Å². The SMILES string of the molecule is [2H]c1c([2H])c([2H])c(-c2c([2H])c([2H])c(-n3c4c([2H])c([2H])c([2H])c([2H])c4c4c([2H])c(-c5c([2H])c([2H])c6c(c5[2H])c5c([2H])c([2H])c([2H])c([2H])c5n6-c5c([2H])c([2H])c(-c6c([2H])c([2H])c([2H])c(-c7c([2H])c([2H])c([2H])c([2H])c7[2H])c6[2H])c([2H])c5[2H])c([2H])c([2H])c43)c([2H])c2[2H])c([2H])c1[2H]. The molecule has 0 saturated carbocycles. The molecule has 2 heteroatoms. The molecule has 0 spiro atoms. The standard InChI is InChI=1S/C54H36N2/c1-3-12-37(13-4-1)39-22-28-45(29-23-39)55-51-20-9-7-18-47(51)49-35-43(26-32-53(49)55)44-27-33-54-50(36-44)48-19-8-10-21-52(48)56(54)46-30-24-40(25-31-46)42-17-11-16-41(34-42)38-14-5-2-6-15-38/h1-36H/i1D,2D,3D,4D,5D,6D,7D,8D,9D,10D,11D,12D,13D,14D,15D,16D,17D,18D,19D,20D,21D,22D,23D,24D,25D,26D,27D,28D,29D,30D,31D,32D,33D,34D,35D,36D. The maximum atomic E-state index is 9.94. The molecular formula is C54H36N2. The number of hydrogen-bond donors (Lipinski definition) is 0. The summed E-state index contributed by atoms with van der Waals surface area (Å²) in [5.74, 6) is 0. The molecule has 0 bridgehead atoms. The molecule has 0 saturated heterocycles. The quantitative estimate of drug-likeness (QED) is 0.160. The van der Waals surface area contributed by atoms with Crippen molar-refractivity contribution in [2.45, 2.75) is 0 Å². The van der Waals surface area contributed by atoms with Crippen molar-refractivity contribution >= 4 is 43.6 Å². The molecule has 0 atom stereocenters. The summed E-state index contributed by atoms with van der Waals surface area (Å²) in [5.41, 5.74) is -11.7. The number of nitrogens with zero attached hydrogens (tertiary/aromatic N) is 2. The molecule has 56 heavy (non-hydrogen) atoms. The van der Waals surface area contributed by atoms with E-state index in [1.54, 1.807) is 0 Å². The van der Waals surface area contributed by atoms with Crippen LogP contribution >= 0.6 is 0 Å².